The van der Waals surface area contributed by atoms with Crippen molar-refractivity contribution in [1.82, 2.24) is 15.1 Å². The van der Waals surface area contributed by atoms with E-state index < -0.39 is 0 Å². The third-order valence-electron chi connectivity index (χ3n) is 4.23. The molecule has 3 rings (SSSR count). The summed E-state index contributed by atoms with van der Waals surface area (Å²) in [4.78, 5) is 16.6. The lowest BCUT2D eigenvalue weighted by Gasteiger charge is -2.35. The zero-order valence-electron chi connectivity index (χ0n) is 12.5. The Bertz CT molecular complexity index is 474. The van der Waals surface area contributed by atoms with Crippen LogP contribution < -0.4 is 5.32 Å². The minimum atomic E-state index is -0.00487. The number of hydrogen-bond donors (Lipinski definition) is 1. The molecule has 21 heavy (non-hydrogen) atoms. The van der Waals surface area contributed by atoms with E-state index in [0.29, 0.717) is 6.54 Å². The van der Waals surface area contributed by atoms with E-state index in [2.05, 4.69) is 29.3 Å². The van der Waals surface area contributed by atoms with Gasteiger partial charge in [-0.1, -0.05) is 30.3 Å². The maximum atomic E-state index is 12.3. The van der Waals surface area contributed by atoms with E-state index in [1.807, 2.05) is 23.1 Å². The lowest BCUT2D eigenvalue weighted by Crippen LogP contribution is -2.47. The van der Waals surface area contributed by atoms with Crippen molar-refractivity contribution in [3.8, 4) is 0 Å². The molecular formula is C16H23N3O2. The Hall–Kier alpha value is -1.43. The highest BCUT2D eigenvalue weighted by molar-refractivity contribution is 5.81. The summed E-state index contributed by atoms with van der Waals surface area (Å²) in [7, 11) is 0. The average molecular weight is 289 g/mol. The van der Waals surface area contributed by atoms with E-state index in [0.717, 1.165) is 38.4 Å². The summed E-state index contributed by atoms with van der Waals surface area (Å²) in [5, 5.41) is 3.32. The van der Waals surface area contributed by atoms with E-state index in [4.69, 9.17) is 4.74 Å². The number of ether oxygens (including phenoxy) is 1. The summed E-state index contributed by atoms with van der Waals surface area (Å²) >= 11 is 0. The van der Waals surface area contributed by atoms with Crippen molar-refractivity contribution in [3.05, 3.63) is 35.9 Å². The highest BCUT2D eigenvalue weighted by Gasteiger charge is 2.35. The first-order valence-electron chi connectivity index (χ1n) is 7.65. The van der Waals surface area contributed by atoms with Crippen molar-refractivity contribution in [2.24, 2.45) is 0 Å². The smallest absolute Gasteiger partial charge is 0.238 e. The van der Waals surface area contributed by atoms with Crippen molar-refractivity contribution in [2.45, 2.75) is 19.1 Å². The Morgan fingerprint density at radius 1 is 1.29 bits per heavy atom. The van der Waals surface area contributed by atoms with Gasteiger partial charge in [-0.05, 0) is 12.5 Å². The maximum Gasteiger partial charge on any atom is 0.238 e. The molecule has 0 spiro atoms. The second kappa shape index (κ2) is 6.56. The fraction of sp³-hybridized carbons (Fsp3) is 0.562. The molecule has 1 aromatic rings. The Kier molecular flexibility index (Phi) is 4.53. The van der Waals surface area contributed by atoms with Gasteiger partial charge >= 0.3 is 0 Å². The Labute approximate surface area is 125 Å². The molecule has 2 heterocycles. The van der Waals surface area contributed by atoms with Gasteiger partial charge in [0.05, 0.1) is 19.8 Å². The molecule has 5 heteroatoms. The second-order valence-electron chi connectivity index (χ2n) is 5.76. The van der Waals surface area contributed by atoms with Crippen LogP contribution in [0.4, 0.5) is 0 Å². The SMILES string of the molecule is CC(CN1CCOCC1)N1C(=O)CNC1c1ccccc1. The van der Waals surface area contributed by atoms with E-state index in [1.165, 1.54) is 0 Å². The van der Waals surface area contributed by atoms with Gasteiger partial charge in [0.25, 0.3) is 0 Å². The summed E-state index contributed by atoms with van der Waals surface area (Å²) in [5.41, 5.74) is 1.15. The average Bonchev–Trinajstić information content (AvgIpc) is 2.91. The molecule has 2 aliphatic heterocycles. The molecule has 0 aliphatic carbocycles. The van der Waals surface area contributed by atoms with Crippen LogP contribution in [0.1, 0.15) is 18.7 Å². The molecule has 0 radical (unpaired) electrons. The van der Waals surface area contributed by atoms with Gasteiger partial charge in [0.1, 0.15) is 6.17 Å². The van der Waals surface area contributed by atoms with Crippen molar-refractivity contribution >= 4 is 5.91 Å². The zero-order chi connectivity index (χ0) is 14.7. The molecular weight excluding hydrogens is 266 g/mol. The van der Waals surface area contributed by atoms with Gasteiger partial charge in [-0.3, -0.25) is 15.0 Å². The fourth-order valence-corrected chi connectivity index (χ4v) is 3.18. The minimum absolute atomic E-state index is 0.00487. The van der Waals surface area contributed by atoms with Gasteiger partial charge in [0.2, 0.25) is 5.91 Å². The van der Waals surface area contributed by atoms with Crippen LogP contribution in [0.5, 0.6) is 0 Å². The molecule has 2 saturated heterocycles. The van der Waals surface area contributed by atoms with Gasteiger partial charge in [-0.2, -0.15) is 0 Å². The number of amides is 1. The Morgan fingerprint density at radius 3 is 2.71 bits per heavy atom. The van der Waals surface area contributed by atoms with Crippen LogP contribution in [0.25, 0.3) is 0 Å². The van der Waals surface area contributed by atoms with Crippen molar-refractivity contribution in [1.29, 1.82) is 0 Å². The number of benzene rings is 1. The third-order valence-corrected chi connectivity index (χ3v) is 4.23. The molecule has 2 unspecified atom stereocenters. The van der Waals surface area contributed by atoms with Crippen LogP contribution in [-0.4, -0.2) is 61.1 Å². The van der Waals surface area contributed by atoms with Crippen LogP contribution in [0.15, 0.2) is 30.3 Å². The lowest BCUT2D eigenvalue weighted by atomic mass is 10.1. The van der Waals surface area contributed by atoms with Crippen LogP contribution in [0.2, 0.25) is 0 Å². The summed E-state index contributed by atoms with van der Waals surface area (Å²) in [6.07, 6.45) is -0.00487. The number of morpholine rings is 1. The van der Waals surface area contributed by atoms with E-state index in [1.54, 1.807) is 0 Å². The molecule has 0 bridgehead atoms. The van der Waals surface area contributed by atoms with E-state index in [-0.39, 0.29) is 18.1 Å². The number of nitrogens with one attached hydrogen (secondary N) is 1. The number of carbonyl (C=O) groups excluding carboxylic acids is 1. The van der Waals surface area contributed by atoms with Crippen LogP contribution in [0.3, 0.4) is 0 Å². The topological polar surface area (TPSA) is 44.8 Å². The van der Waals surface area contributed by atoms with E-state index >= 15 is 0 Å². The summed E-state index contributed by atoms with van der Waals surface area (Å²) in [6.45, 7) is 6.96. The monoisotopic (exact) mass is 289 g/mol. The van der Waals surface area contributed by atoms with Gasteiger partial charge in [0.15, 0.2) is 0 Å². The van der Waals surface area contributed by atoms with Crippen molar-refractivity contribution in [3.63, 3.8) is 0 Å². The Morgan fingerprint density at radius 2 is 2.00 bits per heavy atom. The van der Waals surface area contributed by atoms with Crippen LogP contribution in [-0.2, 0) is 9.53 Å². The van der Waals surface area contributed by atoms with E-state index in [9.17, 15) is 4.79 Å². The molecule has 1 amide bonds. The largest absolute Gasteiger partial charge is 0.379 e. The maximum absolute atomic E-state index is 12.3. The molecule has 114 valence electrons. The van der Waals surface area contributed by atoms with Crippen LogP contribution >= 0.6 is 0 Å². The predicted octanol–water partition coefficient (Wildman–Crippen LogP) is 0.838. The second-order valence-corrected chi connectivity index (χ2v) is 5.76. The molecule has 5 nitrogen and oxygen atoms in total. The molecule has 2 fully saturated rings. The number of carbonyl (C=O) groups is 1. The lowest BCUT2D eigenvalue weighted by molar-refractivity contribution is -0.130. The van der Waals surface area contributed by atoms with Gasteiger partial charge in [0, 0.05) is 25.7 Å². The molecule has 0 aromatic heterocycles. The summed E-state index contributed by atoms with van der Waals surface area (Å²) < 4.78 is 5.38. The molecule has 0 saturated carbocycles. The van der Waals surface area contributed by atoms with Crippen LogP contribution in [0, 0.1) is 0 Å². The summed E-state index contributed by atoms with van der Waals surface area (Å²) in [5.74, 6) is 0.185. The van der Waals surface area contributed by atoms with Crippen molar-refractivity contribution in [2.75, 3.05) is 39.4 Å². The number of rotatable bonds is 4. The zero-order valence-corrected chi connectivity index (χ0v) is 12.5. The van der Waals surface area contributed by atoms with Crippen molar-refractivity contribution < 1.29 is 9.53 Å². The van der Waals surface area contributed by atoms with Gasteiger partial charge in [-0.15, -0.1) is 0 Å². The molecule has 1 N–H and O–H groups in total. The van der Waals surface area contributed by atoms with Gasteiger partial charge < -0.3 is 9.64 Å². The molecule has 1 aromatic carbocycles. The standard InChI is InChI=1S/C16H23N3O2/c1-13(12-18-7-9-21-10-8-18)19-15(20)11-17-16(19)14-5-3-2-4-6-14/h2-6,13,16-17H,7-12H2,1H3. The van der Waals surface area contributed by atoms with Gasteiger partial charge in [-0.25, -0.2) is 0 Å². The first kappa shape index (κ1) is 14.5. The first-order chi connectivity index (χ1) is 10.3. The highest BCUT2D eigenvalue weighted by atomic mass is 16.5. The first-order valence-corrected chi connectivity index (χ1v) is 7.65. The molecule has 2 atom stereocenters. The fourth-order valence-electron chi connectivity index (χ4n) is 3.18. The minimum Gasteiger partial charge on any atom is -0.379 e. The predicted molar refractivity (Wildman–Crippen MR) is 80.8 cm³/mol. The number of nitrogens with zero attached hydrogens (tertiary/aromatic N) is 2. The molecule has 2 aliphatic rings. The quantitative estimate of drug-likeness (QED) is 0.892. The highest BCUT2D eigenvalue weighted by Crippen LogP contribution is 2.25. The summed E-state index contributed by atoms with van der Waals surface area (Å²) in [6, 6.07) is 10.4. The Balaban J connectivity index is 1.69. The number of hydrogen-bond acceptors (Lipinski definition) is 4. The third kappa shape index (κ3) is 3.26. The normalized spacial score (nSPS) is 25.3.